The van der Waals surface area contributed by atoms with E-state index in [4.69, 9.17) is 0 Å². The lowest BCUT2D eigenvalue weighted by Gasteiger charge is -2.08. The summed E-state index contributed by atoms with van der Waals surface area (Å²) in [6.45, 7) is 0. The Morgan fingerprint density at radius 2 is 1.38 bits per heavy atom. The summed E-state index contributed by atoms with van der Waals surface area (Å²) in [6.07, 6.45) is 1.69. The highest BCUT2D eigenvalue weighted by Gasteiger charge is 2.08. The molecule has 1 aromatic heterocycles. The normalized spacial score (nSPS) is 10.6. The molecular formula is C17H10F2IN. The third-order valence-corrected chi connectivity index (χ3v) is 3.99. The largest absolute Gasteiger partial charge is 0.249 e. The van der Waals surface area contributed by atoms with Crippen molar-refractivity contribution in [1.29, 1.82) is 0 Å². The minimum atomic E-state index is -0.293. The highest BCUT2D eigenvalue weighted by Crippen LogP contribution is 2.29. The van der Waals surface area contributed by atoms with E-state index in [1.165, 1.54) is 24.3 Å². The van der Waals surface area contributed by atoms with Crippen molar-refractivity contribution in [3.63, 3.8) is 0 Å². The van der Waals surface area contributed by atoms with Gasteiger partial charge in [-0.3, -0.25) is 0 Å². The molecule has 1 heterocycles. The smallest absolute Gasteiger partial charge is 0.123 e. The molecule has 21 heavy (non-hydrogen) atoms. The first-order chi connectivity index (χ1) is 10.1. The molecule has 0 bridgehead atoms. The lowest BCUT2D eigenvalue weighted by Crippen LogP contribution is -1.90. The van der Waals surface area contributed by atoms with E-state index in [1.54, 1.807) is 18.3 Å². The number of pyridine rings is 1. The van der Waals surface area contributed by atoms with Crippen LogP contribution in [0, 0.1) is 15.3 Å². The van der Waals surface area contributed by atoms with Crippen molar-refractivity contribution in [1.82, 2.24) is 4.98 Å². The second kappa shape index (κ2) is 5.89. The van der Waals surface area contributed by atoms with E-state index < -0.39 is 0 Å². The number of benzene rings is 2. The van der Waals surface area contributed by atoms with E-state index in [-0.39, 0.29) is 11.6 Å². The first-order valence-electron chi connectivity index (χ1n) is 6.31. The average molecular weight is 393 g/mol. The van der Waals surface area contributed by atoms with E-state index in [1.807, 2.05) is 18.2 Å². The van der Waals surface area contributed by atoms with Gasteiger partial charge in [-0.15, -0.1) is 0 Å². The summed E-state index contributed by atoms with van der Waals surface area (Å²) in [5.74, 6) is -0.585. The molecule has 104 valence electrons. The maximum Gasteiger partial charge on any atom is 0.123 e. The Hall–Kier alpha value is -1.82. The molecule has 0 amide bonds. The molecule has 0 aliphatic rings. The molecule has 0 N–H and O–H groups in total. The zero-order valence-electron chi connectivity index (χ0n) is 10.9. The summed E-state index contributed by atoms with van der Waals surface area (Å²) in [6, 6.07) is 14.6. The van der Waals surface area contributed by atoms with Crippen molar-refractivity contribution in [3.05, 3.63) is 76.1 Å². The lowest BCUT2D eigenvalue weighted by atomic mass is 10.0. The van der Waals surface area contributed by atoms with Crippen molar-refractivity contribution in [2.24, 2.45) is 0 Å². The number of nitrogens with zero attached hydrogens (tertiary/aromatic N) is 1. The topological polar surface area (TPSA) is 12.9 Å². The fourth-order valence-electron chi connectivity index (χ4n) is 2.13. The zero-order chi connectivity index (χ0) is 14.8. The average Bonchev–Trinajstić information content (AvgIpc) is 2.47. The second-order valence-corrected chi connectivity index (χ2v) is 5.60. The van der Waals surface area contributed by atoms with Gasteiger partial charge in [0.25, 0.3) is 0 Å². The maximum absolute atomic E-state index is 13.4. The van der Waals surface area contributed by atoms with Gasteiger partial charge in [-0.25, -0.2) is 13.8 Å². The molecule has 0 spiro atoms. The molecule has 2 aromatic carbocycles. The number of hydrogen-bond acceptors (Lipinski definition) is 1. The second-order valence-electron chi connectivity index (χ2n) is 4.58. The summed E-state index contributed by atoms with van der Waals surface area (Å²) < 4.78 is 27.5. The van der Waals surface area contributed by atoms with Gasteiger partial charge in [-0.2, -0.15) is 0 Å². The Morgan fingerprint density at radius 1 is 0.762 bits per heavy atom. The van der Waals surface area contributed by atoms with Crippen LogP contribution in [-0.2, 0) is 0 Å². The summed E-state index contributed by atoms with van der Waals surface area (Å²) in [5, 5.41) is 0. The van der Waals surface area contributed by atoms with Crippen LogP contribution in [0.5, 0.6) is 0 Å². The van der Waals surface area contributed by atoms with E-state index in [9.17, 15) is 8.78 Å². The van der Waals surface area contributed by atoms with Crippen molar-refractivity contribution in [3.8, 4) is 22.3 Å². The van der Waals surface area contributed by atoms with Gasteiger partial charge >= 0.3 is 0 Å². The molecule has 1 nitrogen and oxygen atoms in total. The quantitative estimate of drug-likeness (QED) is 0.426. The van der Waals surface area contributed by atoms with Gasteiger partial charge in [0.1, 0.15) is 15.3 Å². The van der Waals surface area contributed by atoms with Crippen molar-refractivity contribution >= 4 is 22.6 Å². The fourth-order valence-corrected chi connectivity index (χ4v) is 2.74. The van der Waals surface area contributed by atoms with E-state index >= 15 is 0 Å². The third kappa shape index (κ3) is 3.10. The lowest BCUT2D eigenvalue weighted by molar-refractivity contribution is 0.628. The Kier molecular flexibility index (Phi) is 3.96. The molecule has 0 unspecified atom stereocenters. The van der Waals surface area contributed by atoms with E-state index in [0.29, 0.717) is 0 Å². The summed E-state index contributed by atoms with van der Waals surface area (Å²) in [4.78, 5) is 4.33. The predicted octanol–water partition coefficient (Wildman–Crippen LogP) is 5.30. The maximum atomic E-state index is 13.4. The van der Waals surface area contributed by atoms with Crippen LogP contribution in [0.2, 0.25) is 0 Å². The van der Waals surface area contributed by atoms with Crippen molar-refractivity contribution < 1.29 is 8.78 Å². The van der Waals surface area contributed by atoms with Crippen LogP contribution >= 0.6 is 22.6 Å². The minimum Gasteiger partial charge on any atom is -0.249 e. The van der Waals surface area contributed by atoms with Crippen LogP contribution in [0.15, 0.2) is 60.8 Å². The third-order valence-electron chi connectivity index (χ3n) is 3.13. The monoisotopic (exact) mass is 393 g/mol. The fraction of sp³-hybridized carbons (Fsp3) is 0. The molecule has 0 fully saturated rings. The van der Waals surface area contributed by atoms with Gasteiger partial charge in [-0.05, 0) is 64.0 Å². The van der Waals surface area contributed by atoms with Gasteiger partial charge < -0.3 is 0 Å². The Bertz CT molecular complexity index is 802. The van der Waals surface area contributed by atoms with Crippen LogP contribution in [0.1, 0.15) is 0 Å². The molecule has 0 saturated carbocycles. The number of aromatic nitrogens is 1. The van der Waals surface area contributed by atoms with E-state index in [2.05, 4.69) is 27.6 Å². The van der Waals surface area contributed by atoms with Gasteiger partial charge in [0.15, 0.2) is 0 Å². The summed E-state index contributed by atoms with van der Waals surface area (Å²) in [7, 11) is 0. The molecule has 0 aliphatic carbocycles. The van der Waals surface area contributed by atoms with Crippen LogP contribution in [0.25, 0.3) is 22.3 Å². The standard InChI is InChI=1S/C17H10F2IN/c18-14-5-1-3-11(7-14)13-9-16(17(20)21-10-13)12-4-2-6-15(19)8-12/h1-10H. The minimum absolute atomic E-state index is 0.292. The summed E-state index contributed by atoms with van der Waals surface area (Å²) >= 11 is 2.11. The van der Waals surface area contributed by atoms with Gasteiger partial charge in [-0.1, -0.05) is 24.3 Å². The summed E-state index contributed by atoms with van der Waals surface area (Å²) in [5.41, 5.74) is 3.13. The molecule has 0 atom stereocenters. The SMILES string of the molecule is Fc1cccc(-c2cnc(I)c(-c3cccc(F)c3)c2)c1. The Morgan fingerprint density at radius 3 is 2.05 bits per heavy atom. The number of halogens is 3. The first kappa shape index (κ1) is 14.1. The van der Waals surface area contributed by atoms with Gasteiger partial charge in [0, 0.05) is 17.3 Å². The number of hydrogen-bond donors (Lipinski definition) is 0. The molecule has 0 saturated heterocycles. The van der Waals surface area contributed by atoms with Crippen LogP contribution < -0.4 is 0 Å². The molecular weight excluding hydrogens is 383 g/mol. The number of rotatable bonds is 2. The molecule has 0 aliphatic heterocycles. The van der Waals surface area contributed by atoms with Crippen LogP contribution in [-0.4, -0.2) is 4.98 Å². The molecule has 0 radical (unpaired) electrons. The van der Waals surface area contributed by atoms with Crippen molar-refractivity contribution in [2.75, 3.05) is 0 Å². The van der Waals surface area contributed by atoms with Crippen LogP contribution in [0.3, 0.4) is 0 Å². The van der Waals surface area contributed by atoms with Gasteiger partial charge in [0.2, 0.25) is 0 Å². The highest BCUT2D eigenvalue weighted by molar-refractivity contribution is 14.1. The highest BCUT2D eigenvalue weighted by atomic mass is 127. The van der Waals surface area contributed by atoms with Crippen molar-refractivity contribution in [2.45, 2.75) is 0 Å². The Labute approximate surface area is 134 Å². The van der Waals surface area contributed by atoms with Gasteiger partial charge in [0.05, 0.1) is 0 Å². The first-order valence-corrected chi connectivity index (χ1v) is 7.39. The Balaban J connectivity index is 2.12. The molecule has 4 heteroatoms. The van der Waals surface area contributed by atoms with Crippen LogP contribution in [0.4, 0.5) is 8.78 Å². The van der Waals surface area contributed by atoms with E-state index in [0.717, 1.165) is 26.0 Å². The molecule has 3 aromatic rings. The zero-order valence-corrected chi connectivity index (χ0v) is 13.0. The predicted molar refractivity (Wildman–Crippen MR) is 87.7 cm³/mol. The molecule has 3 rings (SSSR count).